The summed E-state index contributed by atoms with van der Waals surface area (Å²) in [6.07, 6.45) is 0. The molecule has 0 N–H and O–H groups in total. The molecule has 1 aliphatic rings. The van der Waals surface area contributed by atoms with Crippen molar-refractivity contribution in [2.75, 3.05) is 4.90 Å². The minimum absolute atomic E-state index is 0.547. The van der Waals surface area contributed by atoms with Crippen LogP contribution in [0.15, 0.2) is 174 Å². The van der Waals surface area contributed by atoms with Crippen LogP contribution < -0.4 is 4.90 Å². The van der Waals surface area contributed by atoms with Gasteiger partial charge in [-0.25, -0.2) is 4.98 Å². The van der Waals surface area contributed by atoms with E-state index in [0.29, 0.717) is 17.6 Å². The van der Waals surface area contributed by atoms with Crippen molar-refractivity contribution in [1.82, 2.24) is 15.0 Å². The average molecular weight is 665 g/mol. The lowest BCUT2D eigenvalue weighted by atomic mass is 9.88. The molecule has 52 heavy (non-hydrogen) atoms. The molecule has 0 bridgehead atoms. The summed E-state index contributed by atoms with van der Waals surface area (Å²) in [5, 5.41) is 6.85. The molecule has 8 aromatic carbocycles. The first-order valence-electron chi connectivity index (χ1n) is 17.5. The lowest BCUT2D eigenvalue weighted by molar-refractivity contribution is 0.669. The molecule has 0 fully saturated rings. The summed E-state index contributed by atoms with van der Waals surface area (Å²) in [5.74, 6) is 1.71. The Morgan fingerprint density at radius 2 is 1.10 bits per heavy atom. The van der Waals surface area contributed by atoms with E-state index in [0.717, 1.165) is 61.0 Å². The fourth-order valence-corrected chi connectivity index (χ4v) is 7.92. The van der Waals surface area contributed by atoms with Crippen molar-refractivity contribution >= 4 is 60.8 Å². The maximum absolute atomic E-state index is 6.34. The number of aromatic nitrogens is 3. The maximum atomic E-state index is 6.34. The van der Waals surface area contributed by atoms with Gasteiger partial charge in [0.2, 0.25) is 5.95 Å². The van der Waals surface area contributed by atoms with E-state index in [1.54, 1.807) is 0 Å². The molecule has 0 atom stereocenters. The summed E-state index contributed by atoms with van der Waals surface area (Å²) in [4.78, 5) is 18.1. The Morgan fingerprint density at radius 3 is 2.00 bits per heavy atom. The average Bonchev–Trinajstić information content (AvgIpc) is 3.59. The molecular formula is C47H28N4O. The molecule has 0 unspecified atom stereocenters. The van der Waals surface area contributed by atoms with E-state index >= 15 is 0 Å². The number of rotatable bonds is 4. The summed E-state index contributed by atoms with van der Waals surface area (Å²) in [5.41, 5.74) is 10.00. The zero-order valence-electron chi connectivity index (χ0n) is 27.9. The molecule has 1 aliphatic heterocycles. The Morgan fingerprint density at radius 1 is 0.404 bits per heavy atom. The van der Waals surface area contributed by atoms with Crippen molar-refractivity contribution in [3.8, 4) is 45.0 Å². The number of furan rings is 1. The molecule has 242 valence electrons. The van der Waals surface area contributed by atoms with Crippen LogP contribution in [0.2, 0.25) is 0 Å². The molecule has 0 radical (unpaired) electrons. The van der Waals surface area contributed by atoms with Crippen molar-refractivity contribution in [3.63, 3.8) is 0 Å². The fraction of sp³-hybridized carbons (Fsp3) is 0. The van der Waals surface area contributed by atoms with E-state index < -0.39 is 0 Å². The van der Waals surface area contributed by atoms with Crippen LogP contribution in [0.5, 0.6) is 0 Å². The van der Waals surface area contributed by atoms with Gasteiger partial charge < -0.3 is 4.42 Å². The van der Waals surface area contributed by atoms with Gasteiger partial charge in [0.05, 0.1) is 11.4 Å². The first kappa shape index (κ1) is 28.7. The minimum Gasteiger partial charge on any atom is -0.456 e. The minimum atomic E-state index is 0.547. The summed E-state index contributed by atoms with van der Waals surface area (Å²) < 4.78 is 6.34. The van der Waals surface area contributed by atoms with Crippen molar-refractivity contribution in [1.29, 1.82) is 0 Å². The van der Waals surface area contributed by atoms with Crippen LogP contribution >= 0.6 is 0 Å². The zero-order chi connectivity index (χ0) is 34.2. The van der Waals surface area contributed by atoms with Gasteiger partial charge in [0.15, 0.2) is 11.6 Å². The number of nitrogens with zero attached hydrogens (tertiary/aromatic N) is 4. The molecule has 11 rings (SSSR count). The standard InChI is InChI=1S/C47H28N4O/c1-2-12-29(13-3-1)33-17-6-7-20-37(33)46-48-45(32-24-26-36-35-19-8-9-23-41(35)52-42(36)28-32)49-47(50-46)51-39-22-11-16-31-15-10-21-38(43(31)39)44-34-18-5-4-14-30(34)25-27-40(44)51/h1-28H. The van der Waals surface area contributed by atoms with E-state index in [1.165, 1.54) is 27.3 Å². The number of benzene rings is 8. The topological polar surface area (TPSA) is 55.1 Å². The summed E-state index contributed by atoms with van der Waals surface area (Å²) >= 11 is 0. The monoisotopic (exact) mass is 664 g/mol. The Bertz CT molecular complexity index is 3030. The van der Waals surface area contributed by atoms with Gasteiger partial charge in [0.1, 0.15) is 11.2 Å². The second kappa shape index (κ2) is 11.2. The Hall–Kier alpha value is -7.11. The third-order valence-electron chi connectivity index (χ3n) is 10.3. The number of fused-ring (bicyclic) bond motifs is 7. The van der Waals surface area contributed by atoms with Crippen LogP contribution in [0.3, 0.4) is 0 Å². The van der Waals surface area contributed by atoms with Crippen LogP contribution in [0.25, 0.3) is 88.5 Å². The summed E-state index contributed by atoms with van der Waals surface area (Å²) in [7, 11) is 0. The number of anilines is 3. The Kier molecular flexibility index (Phi) is 6.18. The predicted molar refractivity (Wildman–Crippen MR) is 212 cm³/mol. The van der Waals surface area contributed by atoms with E-state index in [9.17, 15) is 0 Å². The van der Waals surface area contributed by atoms with Crippen molar-refractivity contribution < 1.29 is 4.42 Å². The number of hydrogen-bond donors (Lipinski definition) is 0. The molecule has 0 saturated heterocycles. The van der Waals surface area contributed by atoms with Crippen molar-refractivity contribution in [2.45, 2.75) is 0 Å². The van der Waals surface area contributed by atoms with Crippen LogP contribution in [0.4, 0.5) is 17.3 Å². The third-order valence-corrected chi connectivity index (χ3v) is 10.3. The molecule has 0 saturated carbocycles. The van der Waals surface area contributed by atoms with Gasteiger partial charge in [-0.05, 0) is 63.2 Å². The second-order valence-electron chi connectivity index (χ2n) is 13.2. The van der Waals surface area contributed by atoms with E-state index in [2.05, 4.69) is 144 Å². The summed E-state index contributed by atoms with van der Waals surface area (Å²) in [6.45, 7) is 0. The zero-order valence-corrected chi connectivity index (χ0v) is 27.9. The first-order valence-corrected chi connectivity index (χ1v) is 17.5. The van der Waals surface area contributed by atoms with Crippen molar-refractivity contribution in [3.05, 3.63) is 170 Å². The predicted octanol–water partition coefficient (Wildman–Crippen LogP) is 12.5. The molecule has 5 heteroatoms. The van der Waals surface area contributed by atoms with Crippen LogP contribution in [-0.4, -0.2) is 15.0 Å². The molecule has 2 aromatic heterocycles. The smallest absolute Gasteiger partial charge is 0.238 e. The first-order chi connectivity index (χ1) is 25.8. The van der Waals surface area contributed by atoms with E-state index in [1.807, 2.05) is 30.3 Å². The highest BCUT2D eigenvalue weighted by Crippen LogP contribution is 2.52. The van der Waals surface area contributed by atoms with Gasteiger partial charge in [0, 0.05) is 32.8 Å². The molecular weight excluding hydrogens is 637 g/mol. The van der Waals surface area contributed by atoms with Crippen molar-refractivity contribution in [2.24, 2.45) is 0 Å². The van der Waals surface area contributed by atoms with Crippen LogP contribution in [0, 0.1) is 0 Å². The third kappa shape index (κ3) is 4.33. The van der Waals surface area contributed by atoms with Gasteiger partial charge in [-0.2, -0.15) is 9.97 Å². The molecule has 3 heterocycles. The highest BCUT2D eigenvalue weighted by Gasteiger charge is 2.30. The Balaban J connectivity index is 1.21. The highest BCUT2D eigenvalue weighted by molar-refractivity contribution is 6.19. The van der Waals surface area contributed by atoms with E-state index in [4.69, 9.17) is 19.4 Å². The largest absolute Gasteiger partial charge is 0.456 e. The SMILES string of the molecule is c1ccc(-c2ccccc2-c2nc(-c3ccc4c(c3)oc3ccccc34)nc(N3c4ccc5ccccc5c4-c4cccc5cccc3c45)n2)cc1. The quantitative estimate of drug-likeness (QED) is 0.187. The lowest BCUT2D eigenvalue weighted by Gasteiger charge is -2.33. The highest BCUT2D eigenvalue weighted by atomic mass is 16.3. The molecule has 0 amide bonds. The molecule has 0 aliphatic carbocycles. The van der Waals surface area contributed by atoms with Gasteiger partial charge in [0.25, 0.3) is 0 Å². The van der Waals surface area contributed by atoms with Gasteiger partial charge in [-0.15, -0.1) is 0 Å². The normalized spacial score (nSPS) is 12.2. The summed E-state index contributed by atoms with van der Waals surface area (Å²) in [6, 6.07) is 59.2. The van der Waals surface area contributed by atoms with E-state index in [-0.39, 0.29) is 0 Å². The second-order valence-corrected chi connectivity index (χ2v) is 13.2. The van der Waals surface area contributed by atoms with Gasteiger partial charge in [-0.3, -0.25) is 4.90 Å². The van der Waals surface area contributed by atoms with Gasteiger partial charge in [-0.1, -0.05) is 140 Å². The lowest BCUT2D eigenvalue weighted by Crippen LogP contribution is -2.19. The fourth-order valence-electron chi connectivity index (χ4n) is 7.92. The molecule has 0 spiro atoms. The number of hydrogen-bond acceptors (Lipinski definition) is 5. The van der Waals surface area contributed by atoms with Crippen LogP contribution in [-0.2, 0) is 0 Å². The molecule has 10 aromatic rings. The van der Waals surface area contributed by atoms with Gasteiger partial charge >= 0.3 is 0 Å². The number of para-hydroxylation sites is 1. The van der Waals surface area contributed by atoms with Crippen LogP contribution in [0.1, 0.15) is 0 Å². The maximum Gasteiger partial charge on any atom is 0.238 e. The molecule has 5 nitrogen and oxygen atoms in total. The Labute approximate surface area is 299 Å².